The lowest BCUT2D eigenvalue weighted by Crippen LogP contribution is -2.28. The molecule has 1 atom stereocenters. The van der Waals surface area contributed by atoms with Gasteiger partial charge >= 0.3 is 5.97 Å². The fraction of sp³-hybridized carbons (Fsp3) is 0.250. The molecule has 0 saturated carbocycles. The van der Waals surface area contributed by atoms with Crippen LogP contribution in [-0.4, -0.2) is 37.2 Å². The number of amides is 2. The van der Waals surface area contributed by atoms with E-state index in [1.165, 1.54) is 18.2 Å². The Morgan fingerprint density at radius 3 is 2.79 bits per heavy atom. The smallest absolute Gasteiger partial charge is 0.311 e. The normalized spacial score (nSPS) is 16.1. The maximum absolute atomic E-state index is 13.5. The summed E-state index contributed by atoms with van der Waals surface area (Å²) in [5, 5.41) is 2.34. The van der Waals surface area contributed by atoms with Crippen LogP contribution >= 0.6 is 11.8 Å². The molecule has 1 fully saturated rings. The molecule has 6 nitrogen and oxygen atoms in total. The number of anilines is 2. The Morgan fingerprint density at radius 2 is 2.04 bits per heavy atom. The summed E-state index contributed by atoms with van der Waals surface area (Å²) < 4.78 is 18.5. The van der Waals surface area contributed by atoms with E-state index in [0.717, 1.165) is 10.6 Å². The van der Waals surface area contributed by atoms with Gasteiger partial charge in [-0.25, -0.2) is 4.39 Å². The van der Waals surface area contributed by atoms with Crippen LogP contribution < -0.4 is 10.2 Å². The summed E-state index contributed by atoms with van der Waals surface area (Å²) in [6.07, 6.45) is 1.97. The lowest BCUT2D eigenvalue weighted by atomic mass is 10.1. The van der Waals surface area contributed by atoms with Crippen molar-refractivity contribution in [3.8, 4) is 0 Å². The second-order valence-corrected chi connectivity index (χ2v) is 7.12. The average Bonchev–Trinajstić information content (AvgIpc) is 3.10. The van der Waals surface area contributed by atoms with Crippen LogP contribution in [0.5, 0.6) is 0 Å². The fourth-order valence-corrected chi connectivity index (χ4v) is 3.35. The van der Waals surface area contributed by atoms with Crippen molar-refractivity contribution >= 4 is 40.9 Å². The first-order valence-corrected chi connectivity index (χ1v) is 9.86. The predicted molar refractivity (Wildman–Crippen MR) is 105 cm³/mol. The number of para-hydroxylation sites is 1. The van der Waals surface area contributed by atoms with Crippen LogP contribution in [0.3, 0.4) is 0 Å². The quantitative estimate of drug-likeness (QED) is 0.594. The number of hydrogen-bond donors (Lipinski definition) is 1. The van der Waals surface area contributed by atoms with Crippen LogP contribution in [0.15, 0.2) is 53.4 Å². The van der Waals surface area contributed by atoms with Crippen LogP contribution in [0.2, 0.25) is 0 Å². The molecule has 0 spiro atoms. The topological polar surface area (TPSA) is 75.7 Å². The highest BCUT2D eigenvalue weighted by atomic mass is 32.2. The zero-order valence-corrected chi connectivity index (χ0v) is 16.0. The molecule has 1 N–H and O–H groups in total. The Kier molecular flexibility index (Phi) is 6.30. The van der Waals surface area contributed by atoms with E-state index >= 15 is 0 Å². The molecule has 0 unspecified atom stereocenters. The van der Waals surface area contributed by atoms with Crippen molar-refractivity contribution in [2.45, 2.75) is 11.3 Å². The summed E-state index contributed by atoms with van der Waals surface area (Å²) in [4.78, 5) is 39.0. The molecule has 1 aliphatic rings. The largest absolute Gasteiger partial charge is 0.455 e. The number of carbonyl (C=O) groups is 3. The molecular formula is C20H19FN2O4S. The molecule has 146 valence electrons. The van der Waals surface area contributed by atoms with Gasteiger partial charge < -0.3 is 15.0 Å². The van der Waals surface area contributed by atoms with Crippen molar-refractivity contribution in [3.63, 3.8) is 0 Å². The van der Waals surface area contributed by atoms with Crippen molar-refractivity contribution in [1.82, 2.24) is 0 Å². The zero-order valence-electron chi connectivity index (χ0n) is 15.2. The molecule has 0 bridgehead atoms. The summed E-state index contributed by atoms with van der Waals surface area (Å²) >= 11 is 1.56. The second-order valence-electron chi connectivity index (χ2n) is 6.24. The van der Waals surface area contributed by atoms with E-state index in [4.69, 9.17) is 4.74 Å². The van der Waals surface area contributed by atoms with Crippen molar-refractivity contribution in [3.05, 3.63) is 54.3 Å². The Bertz CT molecular complexity index is 905. The number of esters is 1. The summed E-state index contributed by atoms with van der Waals surface area (Å²) in [5.41, 5.74) is 0.740. The van der Waals surface area contributed by atoms with E-state index in [0.29, 0.717) is 0 Å². The Hall–Kier alpha value is -2.87. The van der Waals surface area contributed by atoms with E-state index in [-0.39, 0.29) is 24.6 Å². The van der Waals surface area contributed by atoms with Crippen molar-refractivity contribution in [2.75, 3.05) is 29.6 Å². The third kappa shape index (κ3) is 4.69. The van der Waals surface area contributed by atoms with Gasteiger partial charge in [0.25, 0.3) is 5.91 Å². The highest BCUT2D eigenvalue weighted by Crippen LogP contribution is 2.28. The fourth-order valence-electron chi connectivity index (χ4n) is 2.90. The summed E-state index contributed by atoms with van der Waals surface area (Å²) in [7, 11) is 0. The summed E-state index contributed by atoms with van der Waals surface area (Å²) in [6, 6.07) is 13.2. The molecule has 0 aromatic heterocycles. The van der Waals surface area contributed by atoms with Crippen LogP contribution in [0.1, 0.15) is 6.42 Å². The van der Waals surface area contributed by atoms with Gasteiger partial charge in [0.1, 0.15) is 5.82 Å². The first kappa shape index (κ1) is 19.9. The highest BCUT2D eigenvalue weighted by Gasteiger charge is 2.36. The number of ether oxygens (including phenoxy) is 1. The van der Waals surface area contributed by atoms with Gasteiger partial charge in [-0.1, -0.05) is 18.2 Å². The molecule has 2 amide bonds. The maximum atomic E-state index is 13.5. The van der Waals surface area contributed by atoms with Gasteiger partial charge in [-0.15, -0.1) is 11.8 Å². The number of benzene rings is 2. The number of thioether (sulfide) groups is 1. The lowest BCUT2D eigenvalue weighted by molar-refractivity contribution is -0.151. The van der Waals surface area contributed by atoms with Gasteiger partial charge in [0.2, 0.25) is 5.91 Å². The van der Waals surface area contributed by atoms with Crippen molar-refractivity contribution < 1.29 is 23.5 Å². The predicted octanol–water partition coefficient (Wildman–Crippen LogP) is 3.08. The molecule has 1 saturated heterocycles. The summed E-state index contributed by atoms with van der Waals surface area (Å²) in [6.45, 7) is -0.343. The number of carbonyl (C=O) groups excluding carboxylic acids is 3. The van der Waals surface area contributed by atoms with E-state index in [1.807, 2.05) is 30.5 Å². The molecule has 28 heavy (non-hydrogen) atoms. The maximum Gasteiger partial charge on any atom is 0.311 e. The van der Waals surface area contributed by atoms with E-state index in [1.54, 1.807) is 22.7 Å². The zero-order chi connectivity index (χ0) is 20.1. The summed E-state index contributed by atoms with van der Waals surface area (Å²) in [5.74, 6) is -2.66. The molecule has 0 radical (unpaired) electrons. The Labute approximate surface area is 166 Å². The van der Waals surface area contributed by atoms with Crippen molar-refractivity contribution in [1.29, 1.82) is 0 Å². The first-order valence-electron chi connectivity index (χ1n) is 8.63. The first-order chi connectivity index (χ1) is 13.5. The molecule has 0 aliphatic carbocycles. The minimum Gasteiger partial charge on any atom is -0.455 e. The second kappa shape index (κ2) is 8.88. The van der Waals surface area contributed by atoms with E-state index in [2.05, 4.69) is 5.32 Å². The molecule has 8 heteroatoms. The number of rotatable bonds is 6. The minimum atomic E-state index is -0.647. The van der Waals surface area contributed by atoms with Gasteiger partial charge in [0, 0.05) is 23.5 Å². The number of hydrogen-bond acceptors (Lipinski definition) is 5. The van der Waals surface area contributed by atoms with Crippen LogP contribution in [0, 0.1) is 11.7 Å². The van der Waals surface area contributed by atoms with Gasteiger partial charge in [-0.2, -0.15) is 0 Å². The monoisotopic (exact) mass is 402 g/mol. The SMILES string of the molecule is CSc1cccc(N2C[C@H](C(=O)OCC(=O)Nc3ccccc3F)CC2=O)c1. The van der Waals surface area contributed by atoms with E-state index < -0.39 is 30.2 Å². The van der Waals surface area contributed by atoms with Gasteiger partial charge in [-0.3, -0.25) is 14.4 Å². The number of nitrogens with zero attached hydrogens (tertiary/aromatic N) is 1. The standard InChI is InChI=1S/C20H19FN2O4S/c1-28-15-6-4-5-14(10-15)23-11-13(9-19(23)25)20(26)27-12-18(24)22-17-8-3-2-7-16(17)21/h2-8,10,13H,9,11-12H2,1H3,(H,22,24)/t13-/m1/s1. The number of halogens is 1. The minimum absolute atomic E-state index is 0.0134. The van der Waals surface area contributed by atoms with Gasteiger partial charge in [0.15, 0.2) is 6.61 Å². The molecule has 3 rings (SSSR count). The van der Waals surface area contributed by atoms with Gasteiger partial charge in [-0.05, 0) is 36.6 Å². The third-order valence-electron chi connectivity index (χ3n) is 4.32. The average molecular weight is 402 g/mol. The molecule has 1 aliphatic heterocycles. The highest BCUT2D eigenvalue weighted by molar-refractivity contribution is 7.98. The Morgan fingerprint density at radius 1 is 1.25 bits per heavy atom. The molecule has 1 heterocycles. The third-order valence-corrected chi connectivity index (χ3v) is 5.04. The van der Waals surface area contributed by atoms with E-state index in [9.17, 15) is 18.8 Å². The lowest BCUT2D eigenvalue weighted by Gasteiger charge is -2.17. The molecule has 2 aromatic carbocycles. The van der Waals surface area contributed by atoms with Gasteiger partial charge in [0.05, 0.1) is 11.6 Å². The van der Waals surface area contributed by atoms with Crippen molar-refractivity contribution in [2.24, 2.45) is 5.92 Å². The molecular weight excluding hydrogens is 383 g/mol. The van der Waals surface area contributed by atoms with Crippen LogP contribution in [0.25, 0.3) is 0 Å². The number of nitrogens with one attached hydrogen (secondary N) is 1. The Balaban J connectivity index is 1.54. The van der Waals surface area contributed by atoms with Crippen LogP contribution in [-0.2, 0) is 19.1 Å². The van der Waals surface area contributed by atoms with Crippen LogP contribution in [0.4, 0.5) is 15.8 Å². The molecule has 2 aromatic rings.